The first-order chi connectivity index (χ1) is 6.70. The Kier molecular flexibility index (Phi) is 3.83. The van der Waals surface area contributed by atoms with Gasteiger partial charge in [0, 0.05) is 11.1 Å². The van der Waals surface area contributed by atoms with Crippen LogP contribution in [0.3, 0.4) is 0 Å². The molecule has 1 aromatic rings. The normalized spacial score (nSPS) is 10.6. The van der Waals surface area contributed by atoms with E-state index in [2.05, 4.69) is 0 Å². The van der Waals surface area contributed by atoms with E-state index in [1.807, 2.05) is 0 Å². The third kappa shape index (κ3) is 2.20. The van der Waals surface area contributed by atoms with Crippen molar-refractivity contribution in [3.8, 4) is 5.75 Å². The molecule has 1 aromatic carbocycles. The fourth-order valence-electron chi connectivity index (χ4n) is 1.39. The fraction of sp³-hybridized carbons (Fsp3) is 0.400. The van der Waals surface area contributed by atoms with E-state index < -0.39 is 6.43 Å². The average Bonchev–Trinajstić information content (AvgIpc) is 2.18. The molecule has 78 valence electrons. The van der Waals surface area contributed by atoms with Crippen molar-refractivity contribution >= 4 is 0 Å². The maximum Gasteiger partial charge on any atom is 0.264 e. The Morgan fingerprint density at radius 2 is 2.14 bits per heavy atom. The molecule has 1 rings (SSSR count). The molecular formula is C10H13F2NO. The Balaban J connectivity index is 3.13. The van der Waals surface area contributed by atoms with Gasteiger partial charge in [0.25, 0.3) is 6.43 Å². The first-order valence-electron chi connectivity index (χ1n) is 4.34. The molecule has 0 aromatic heterocycles. The average molecular weight is 201 g/mol. The molecular weight excluding hydrogens is 188 g/mol. The van der Waals surface area contributed by atoms with Gasteiger partial charge in [0.2, 0.25) is 0 Å². The lowest BCUT2D eigenvalue weighted by Crippen LogP contribution is -2.07. The van der Waals surface area contributed by atoms with E-state index in [4.69, 9.17) is 10.5 Å². The van der Waals surface area contributed by atoms with Gasteiger partial charge < -0.3 is 10.5 Å². The Bertz CT molecular complexity index is 302. The summed E-state index contributed by atoms with van der Waals surface area (Å²) in [5, 5.41) is 0. The molecule has 0 amide bonds. The van der Waals surface area contributed by atoms with Crippen molar-refractivity contribution < 1.29 is 13.5 Å². The molecule has 4 heteroatoms. The molecule has 0 heterocycles. The summed E-state index contributed by atoms with van der Waals surface area (Å²) in [6, 6.07) is 4.62. The van der Waals surface area contributed by atoms with Gasteiger partial charge in [-0.15, -0.1) is 0 Å². The summed E-state index contributed by atoms with van der Waals surface area (Å²) in [6.07, 6.45) is -2.07. The Morgan fingerprint density at radius 1 is 1.43 bits per heavy atom. The molecule has 14 heavy (non-hydrogen) atoms. The molecule has 0 radical (unpaired) electrons. The molecule has 0 aliphatic rings. The highest BCUT2D eigenvalue weighted by Gasteiger charge is 2.15. The minimum absolute atomic E-state index is 0.00907. The summed E-state index contributed by atoms with van der Waals surface area (Å²) in [4.78, 5) is 0. The molecule has 0 aliphatic carbocycles. The van der Waals surface area contributed by atoms with E-state index >= 15 is 0 Å². The lowest BCUT2D eigenvalue weighted by molar-refractivity contribution is 0.149. The molecule has 0 saturated heterocycles. The number of benzene rings is 1. The second-order valence-corrected chi connectivity index (χ2v) is 2.87. The van der Waals surface area contributed by atoms with Crippen LogP contribution in [0.2, 0.25) is 0 Å². The zero-order valence-corrected chi connectivity index (χ0v) is 7.97. The van der Waals surface area contributed by atoms with E-state index in [9.17, 15) is 8.78 Å². The van der Waals surface area contributed by atoms with E-state index in [0.29, 0.717) is 24.3 Å². The summed E-state index contributed by atoms with van der Waals surface area (Å²) in [5.74, 6) is 0.480. The van der Waals surface area contributed by atoms with E-state index in [-0.39, 0.29) is 5.56 Å². The van der Waals surface area contributed by atoms with Crippen LogP contribution in [-0.4, -0.2) is 13.7 Å². The minimum atomic E-state index is -2.48. The first kappa shape index (κ1) is 10.9. The van der Waals surface area contributed by atoms with Crippen LogP contribution >= 0.6 is 0 Å². The predicted molar refractivity (Wildman–Crippen MR) is 50.7 cm³/mol. The van der Waals surface area contributed by atoms with Gasteiger partial charge in [0.15, 0.2) is 0 Å². The molecule has 0 fully saturated rings. The van der Waals surface area contributed by atoms with Crippen LogP contribution in [0.4, 0.5) is 8.78 Å². The first-order valence-corrected chi connectivity index (χ1v) is 4.34. The predicted octanol–water partition coefficient (Wildman–Crippen LogP) is 2.13. The Labute approximate surface area is 81.7 Å². The minimum Gasteiger partial charge on any atom is -0.496 e. The second kappa shape index (κ2) is 4.91. The van der Waals surface area contributed by atoms with Gasteiger partial charge in [-0.3, -0.25) is 0 Å². The number of ether oxygens (including phenoxy) is 1. The van der Waals surface area contributed by atoms with Crippen molar-refractivity contribution in [2.24, 2.45) is 5.73 Å². The zero-order valence-electron chi connectivity index (χ0n) is 7.97. The van der Waals surface area contributed by atoms with Crippen LogP contribution in [0.25, 0.3) is 0 Å². The van der Waals surface area contributed by atoms with Gasteiger partial charge in [-0.25, -0.2) is 8.78 Å². The van der Waals surface area contributed by atoms with Crippen LogP contribution in [0.15, 0.2) is 18.2 Å². The third-order valence-electron chi connectivity index (χ3n) is 2.02. The Morgan fingerprint density at radius 3 is 2.64 bits per heavy atom. The van der Waals surface area contributed by atoms with Crippen molar-refractivity contribution in [2.45, 2.75) is 12.8 Å². The largest absolute Gasteiger partial charge is 0.496 e. The number of hydrogen-bond acceptors (Lipinski definition) is 2. The van der Waals surface area contributed by atoms with Crippen molar-refractivity contribution in [3.05, 3.63) is 29.3 Å². The number of rotatable bonds is 4. The van der Waals surface area contributed by atoms with Crippen LogP contribution < -0.4 is 10.5 Å². The van der Waals surface area contributed by atoms with Gasteiger partial charge in [-0.05, 0) is 19.0 Å². The standard InChI is InChI=1S/C10H13F2NO/c1-14-9-4-2-3-8(10(11)12)7(9)5-6-13/h2-4,10H,5-6,13H2,1H3. The molecule has 2 N–H and O–H groups in total. The highest BCUT2D eigenvalue weighted by molar-refractivity contribution is 5.41. The van der Waals surface area contributed by atoms with Crippen LogP contribution in [0.1, 0.15) is 17.6 Å². The van der Waals surface area contributed by atoms with Gasteiger partial charge >= 0.3 is 0 Å². The topological polar surface area (TPSA) is 35.2 Å². The number of methoxy groups -OCH3 is 1. The maximum atomic E-state index is 12.6. The molecule has 0 bridgehead atoms. The quantitative estimate of drug-likeness (QED) is 0.809. The Hall–Kier alpha value is -1.16. The summed E-state index contributed by atoms with van der Waals surface area (Å²) in [7, 11) is 1.46. The molecule has 0 unspecified atom stereocenters. The number of nitrogens with two attached hydrogens (primary N) is 1. The van der Waals surface area contributed by atoms with Crippen LogP contribution in [0, 0.1) is 0 Å². The van der Waals surface area contributed by atoms with Crippen molar-refractivity contribution in [2.75, 3.05) is 13.7 Å². The lowest BCUT2D eigenvalue weighted by atomic mass is 10.0. The lowest BCUT2D eigenvalue weighted by Gasteiger charge is -2.12. The molecule has 2 nitrogen and oxygen atoms in total. The zero-order chi connectivity index (χ0) is 10.6. The number of hydrogen-bond donors (Lipinski definition) is 1. The molecule has 0 saturated carbocycles. The summed E-state index contributed by atoms with van der Waals surface area (Å²) in [6.45, 7) is 0.333. The monoisotopic (exact) mass is 201 g/mol. The highest BCUT2D eigenvalue weighted by Crippen LogP contribution is 2.29. The van der Waals surface area contributed by atoms with Gasteiger partial charge in [-0.2, -0.15) is 0 Å². The van der Waals surface area contributed by atoms with E-state index in [0.717, 1.165) is 0 Å². The van der Waals surface area contributed by atoms with Gasteiger partial charge in [0.1, 0.15) is 5.75 Å². The second-order valence-electron chi connectivity index (χ2n) is 2.87. The molecule has 0 atom stereocenters. The number of halogens is 2. The third-order valence-corrected chi connectivity index (χ3v) is 2.02. The SMILES string of the molecule is COc1cccc(C(F)F)c1CCN. The van der Waals surface area contributed by atoms with Crippen molar-refractivity contribution in [1.29, 1.82) is 0 Å². The smallest absolute Gasteiger partial charge is 0.264 e. The van der Waals surface area contributed by atoms with Crippen LogP contribution in [-0.2, 0) is 6.42 Å². The molecule has 0 aliphatic heterocycles. The van der Waals surface area contributed by atoms with E-state index in [1.54, 1.807) is 12.1 Å². The maximum absolute atomic E-state index is 12.6. The summed E-state index contributed by atoms with van der Waals surface area (Å²) < 4.78 is 30.1. The molecule has 0 spiro atoms. The van der Waals surface area contributed by atoms with Crippen molar-refractivity contribution in [1.82, 2.24) is 0 Å². The van der Waals surface area contributed by atoms with Gasteiger partial charge in [0.05, 0.1) is 7.11 Å². The van der Waals surface area contributed by atoms with Crippen molar-refractivity contribution in [3.63, 3.8) is 0 Å². The van der Waals surface area contributed by atoms with Gasteiger partial charge in [-0.1, -0.05) is 12.1 Å². The van der Waals surface area contributed by atoms with Crippen LogP contribution in [0.5, 0.6) is 5.75 Å². The number of alkyl halides is 2. The van der Waals surface area contributed by atoms with E-state index in [1.165, 1.54) is 13.2 Å². The summed E-state index contributed by atoms with van der Waals surface area (Å²) in [5.41, 5.74) is 5.87. The highest BCUT2D eigenvalue weighted by atomic mass is 19.3. The fourth-order valence-corrected chi connectivity index (χ4v) is 1.39. The summed E-state index contributed by atoms with van der Waals surface area (Å²) >= 11 is 0.